The van der Waals surface area contributed by atoms with Crippen LogP contribution in [0.1, 0.15) is 18.1 Å². The van der Waals surface area contributed by atoms with Crippen LogP contribution >= 0.6 is 24.0 Å². The van der Waals surface area contributed by atoms with E-state index in [-0.39, 0.29) is 28.2 Å². The molecule has 0 aliphatic carbocycles. The van der Waals surface area contributed by atoms with Crippen molar-refractivity contribution in [2.75, 3.05) is 11.5 Å². The number of anilines is 1. The highest BCUT2D eigenvalue weighted by Gasteiger charge is 2.34. The Kier molecular flexibility index (Phi) is 7.80. The molecule has 10 nitrogen and oxygen atoms in total. The minimum Gasteiger partial charge on any atom is -0.490 e. The molecule has 0 N–H and O–H groups in total. The largest absolute Gasteiger partial charge is 0.490 e. The van der Waals surface area contributed by atoms with Gasteiger partial charge in [0.25, 0.3) is 17.3 Å². The van der Waals surface area contributed by atoms with Crippen LogP contribution < -0.4 is 14.4 Å². The maximum atomic E-state index is 13.1. The predicted octanol–water partition coefficient (Wildman–Crippen LogP) is 5.89. The van der Waals surface area contributed by atoms with Crippen molar-refractivity contribution < 1.29 is 24.1 Å². The fraction of sp³-hybridized carbons (Fsp3) is 0.120. The molecule has 1 aliphatic heterocycles. The van der Waals surface area contributed by atoms with E-state index >= 15 is 0 Å². The van der Waals surface area contributed by atoms with Gasteiger partial charge in [0, 0.05) is 24.3 Å². The molecule has 0 bridgehead atoms. The summed E-state index contributed by atoms with van der Waals surface area (Å²) in [6, 6.07) is 17.0. The Balaban J connectivity index is 1.55. The fourth-order valence-electron chi connectivity index (χ4n) is 3.51. The van der Waals surface area contributed by atoms with Crippen LogP contribution in [0.2, 0.25) is 0 Å². The zero-order chi connectivity index (χ0) is 26.5. The molecule has 3 aromatic carbocycles. The number of hydrogen-bond donors (Lipinski definition) is 0. The summed E-state index contributed by atoms with van der Waals surface area (Å²) < 4.78 is 11.8. The third-order valence-corrected chi connectivity index (χ3v) is 6.48. The molecule has 12 heteroatoms. The van der Waals surface area contributed by atoms with Gasteiger partial charge in [-0.25, -0.2) is 0 Å². The van der Waals surface area contributed by atoms with Gasteiger partial charge < -0.3 is 9.47 Å². The van der Waals surface area contributed by atoms with Crippen LogP contribution in [-0.4, -0.2) is 26.7 Å². The molecule has 0 unspecified atom stereocenters. The number of nitrogens with zero attached hydrogens (tertiary/aromatic N) is 3. The van der Waals surface area contributed by atoms with Gasteiger partial charge in [0.05, 0.1) is 27.0 Å². The van der Waals surface area contributed by atoms with Gasteiger partial charge in [0.15, 0.2) is 15.8 Å². The van der Waals surface area contributed by atoms with Crippen LogP contribution in [0.15, 0.2) is 71.6 Å². The lowest BCUT2D eigenvalue weighted by Gasteiger charge is -2.14. The number of benzene rings is 3. The standard InChI is InChI=1S/C25H19N3O7S2/c1-2-34-22-12-16(9-10-21(22)35-15-17-5-3-7-19(11-17)27(30)31)13-23-24(29)26(25(36)37-23)18-6-4-8-20(14-18)28(32)33/h3-14H,2,15H2,1H3/b23-13+. The summed E-state index contributed by atoms with van der Waals surface area (Å²) >= 11 is 6.46. The normalized spacial score (nSPS) is 14.2. The summed E-state index contributed by atoms with van der Waals surface area (Å²) in [5.41, 5.74) is 1.44. The number of thioether (sulfide) groups is 1. The number of non-ortho nitro benzene ring substituents is 2. The number of carbonyl (C=O) groups excluding carboxylic acids is 1. The van der Waals surface area contributed by atoms with Crippen molar-refractivity contribution in [2.45, 2.75) is 13.5 Å². The Labute approximate surface area is 220 Å². The number of rotatable bonds is 9. The van der Waals surface area contributed by atoms with Gasteiger partial charge in [0.1, 0.15) is 6.61 Å². The second kappa shape index (κ2) is 11.2. The first-order chi connectivity index (χ1) is 17.8. The molecule has 1 fully saturated rings. The molecule has 1 amide bonds. The maximum Gasteiger partial charge on any atom is 0.271 e. The zero-order valence-electron chi connectivity index (χ0n) is 19.4. The Morgan fingerprint density at radius 3 is 2.35 bits per heavy atom. The zero-order valence-corrected chi connectivity index (χ0v) is 21.0. The van der Waals surface area contributed by atoms with E-state index < -0.39 is 9.85 Å². The molecule has 4 rings (SSSR count). The van der Waals surface area contributed by atoms with Crippen LogP contribution in [0.25, 0.3) is 6.08 Å². The monoisotopic (exact) mass is 537 g/mol. The van der Waals surface area contributed by atoms with Gasteiger partial charge >= 0.3 is 0 Å². The predicted molar refractivity (Wildman–Crippen MR) is 144 cm³/mol. The summed E-state index contributed by atoms with van der Waals surface area (Å²) in [6.45, 7) is 2.29. The van der Waals surface area contributed by atoms with Gasteiger partial charge in [0.2, 0.25) is 0 Å². The molecular formula is C25H19N3O7S2. The van der Waals surface area contributed by atoms with E-state index in [1.54, 1.807) is 42.5 Å². The third-order valence-electron chi connectivity index (χ3n) is 5.17. The average Bonchev–Trinajstić information content (AvgIpc) is 3.16. The van der Waals surface area contributed by atoms with Crippen molar-refractivity contribution in [1.29, 1.82) is 0 Å². The number of carbonyl (C=O) groups is 1. The summed E-state index contributed by atoms with van der Waals surface area (Å²) in [5.74, 6) is 0.491. The highest BCUT2D eigenvalue weighted by molar-refractivity contribution is 8.27. The Hall–Kier alpha value is -4.29. The lowest BCUT2D eigenvalue weighted by molar-refractivity contribution is -0.385. The maximum absolute atomic E-state index is 13.1. The van der Waals surface area contributed by atoms with E-state index in [4.69, 9.17) is 21.7 Å². The number of nitro benzene ring substituents is 2. The van der Waals surface area contributed by atoms with Crippen LogP contribution in [0.5, 0.6) is 11.5 Å². The van der Waals surface area contributed by atoms with Crippen molar-refractivity contribution in [3.8, 4) is 11.5 Å². The quantitative estimate of drug-likeness (QED) is 0.142. The molecular weight excluding hydrogens is 518 g/mol. The van der Waals surface area contributed by atoms with E-state index in [1.807, 2.05) is 6.92 Å². The van der Waals surface area contributed by atoms with E-state index in [9.17, 15) is 25.0 Å². The van der Waals surface area contributed by atoms with Crippen LogP contribution in [0.4, 0.5) is 17.1 Å². The van der Waals surface area contributed by atoms with Crippen LogP contribution in [-0.2, 0) is 11.4 Å². The first kappa shape index (κ1) is 25.8. The number of hydrogen-bond acceptors (Lipinski definition) is 9. The second-order valence-corrected chi connectivity index (χ2v) is 9.32. The summed E-state index contributed by atoms with van der Waals surface area (Å²) in [5, 5.41) is 22.1. The van der Waals surface area contributed by atoms with E-state index in [1.165, 1.54) is 35.2 Å². The van der Waals surface area contributed by atoms with E-state index in [2.05, 4.69) is 0 Å². The molecule has 3 aromatic rings. The molecule has 37 heavy (non-hydrogen) atoms. The van der Waals surface area contributed by atoms with E-state index in [0.717, 1.165) is 11.8 Å². The molecule has 1 heterocycles. The van der Waals surface area contributed by atoms with Gasteiger partial charge in [-0.1, -0.05) is 48.2 Å². The molecule has 1 aliphatic rings. The number of ether oxygens (including phenoxy) is 2. The molecule has 1 saturated heterocycles. The Morgan fingerprint density at radius 2 is 1.65 bits per heavy atom. The lowest BCUT2D eigenvalue weighted by Crippen LogP contribution is -2.27. The average molecular weight is 538 g/mol. The van der Waals surface area contributed by atoms with Gasteiger partial charge in [-0.05, 0) is 42.3 Å². The third kappa shape index (κ3) is 5.93. The van der Waals surface area contributed by atoms with Crippen molar-refractivity contribution >= 4 is 57.3 Å². The van der Waals surface area contributed by atoms with Gasteiger partial charge in [-0.15, -0.1) is 0 Å². The topological polar surface area (TPSA) is 125 Å². The lowest BCUT2D eigenvalue weighted by atomic mass is 10.1. The summed E-state index contributed by atoms with van der Waals surface area (Å²) in [6.07, 6.45) is 1.66. The highest BCUT2D eigenvalue weighted by Crippen LogP contribution is 2.38. The van der Waals surface area contributed by atoms with Gasteiger partial charge in [-0.2, -0.15) is 0 Å². The first-order valence-electron chi connectivity index (χ1n) is 10.9. The number of amides is 1. The smallest absolute Gasteiger partial charge is 0.271 e. The second-order valence-electron chi connectivity index (χ2n) is 7.65. The fourth-order valence-corrected chi connectivity index (χ4v) is 4.81. The minimum absolute atomic E-state index is 0.0242. The summed E-state index contributed by atoms with van der Waals surface area (Å²) in [7, 11) is 0. The molecule has 188 valence electrons. The first-order valence-corrected chi connectivity index (χ1v) is 12.1. The minimum atomic E-state index is -0.533. The SMILES string of the molecule is CCOc1cc(/C=C2/SC(=S)N(c3cccc([N+](=O)[O-])c3)C2=O)ccc1OCc1cccc([N+](=O)[O-])c1. The van der Waals surface area contributed by atoms with Crippen molar-refractivity contribution in [1.82, 2.24) is 0 Å². The molecule has 0 spiro atoms. The van der Waals surface area contributed by atoms with Crippen LogP contribution in [0.3, 0.4) is 0 Å². The van der Waals surface area contributed by atoms with Gasteiger partial charge in [-0.3, -0.25) is 29.9 Å². The molecule has 0 aromatic heterocycles. The molecule has 0 radical (unpaired) electrons. The molecule has 0 atom stereocenters. The highest BCUT2D eigenvalue weighted by atomic mass is 32.2. The van der Waals surface area contributed by atoms with Crippen molar-refractivity contribution in [3.63, 3.8) is 0 Å². The van der Waals surface area contributed by atoms with Crippen molar-refractivity contribution in [3.05, 3.63) is 103 Å². The summed E-state index contributed by atoms with van der Waals surface area (Å²) in [4.78, 5) is 35.8. The Bertz CT molecular complexity index is 1440. The van der Waals surface area contributed by atoms with E-state index in [0.29, 0.717) is 39.8 Å². The molecule has 0 saturated carbocycles. The number of thiocarbonyl (C=S) groups is 1. The van der Waals surface area contributed by atoms with Crippen molar-refractivity contribution in [2.24, 2.45) is 0 Å². The number of nitro groups is 2. The Morgan fingerprint density at radius 1 is 0.946 bits per heavy atom. The van der Waals surface area contributed by atoms with Crippen LogP contribution in [0, 0.1) is 20.2 Å².